The number of sulfonamides is 1. The summed E-state index contributed by atoms with van der Waals surface area (Å²) < 4.78 is 25.9. The molecule has 0 atom stereocenters. The standard InChI is InChI=1S/C14H14N2O4S/c1-16(21(19,20)11-5-3-2-4-6-11)13-8-7-10(15)9-12(13)14(17)18/h2-9H,15H2,1H3,(H,17,18). The van der Waals surface area contributed by atoms with Crippen molar-refractivity contribution in [1.82, 2.24) is 0 Å². The van der Waals surface area contributed by atoms with Crippen molar-refractivity contribution in [3.05, 3.63) is 54.1 Å². The summed E-state index contributed by atoms with van der Waals surface area (Å²) in [6.07, 6.45) is 0. The van der Waals surface area contributed by atoms with Crippen molar-refractivity contribution >= 4 is 27.4 Å². The zero-order chi connectivity index (χ0) is 15.6. The van der Waals surface area contributed by atoms with Gasteiger partial charge in [0.15, 0.2) is 0 Å². The number of nitrogen functional groups attached to an aromatic ring is 1. The summed E-state index contributed by atoms with van der Waals surface area (Å²) >= 11 is 0. The maximum absolute atomic E-state index is 12.5. The molecule has 3 N–H and O–H groups in total. The molecule has 0 saturated heterocycles. The number of nitrogens with two attached hydrogens (primary N) is 1. The molecule has 21 heavy (non-hydrogen) atoms. The fourth-order valence-electron chi connectivity index (χ4n) is 1.88. The van der Waals surface area contributed by atoms with Crippen molar-refractivity contribution in [3.63, 3.8) is 0 Å². The molecule has 6 nitrogen and oxygen atoms in total. The van der Waals surface area contributed by atoms with Crippen LogP contribution < -0.4 is 10.0 Å². The summed E-state index contributed by atoms with van der Waals surface area (Å²) in [6.45, 7) is 0. The fraction of sp³-hybridized carbons (Fsp3) is 0.0714. The fourth-order valence-corrected chi connectivity index (χ4v) is 3.12. The molecule has 2 rings (SSSR count). The molecule has 0 aliphatic carbocycles. The maximum Gasteiger partial charge on any atom is 0.337 e. The first-order valence-electron chi connectivity index (χ1n) is 6.01. The Morgan fingerprint density at radius 3 is 2.33 bits per heavy atom. The van der Waals surface area contributed by atoms with Crippen molar-refractivity contribution in [1.29, 1.82) is 0 Å². The molecule has 0 unspecified atom stereocenters. The number of nitrogens with zero attached hydrogens (tertiary/aromatic N) is 1. The summed E-state index contributed by atoms with van der Waals surface area (Å²) in [4.78, 5) is 11.3. The highest BCUT2D eigenvalue weighted by Crippen LogP contribution is 2.27. The molecular formula is C14H14N2O4S. The van der Waals surface area contributed by atoms with Gasteiger partial charge in [-0.15, -0.1) is 0 Å². The molecule has 0 radical (unpaired) electrons. The molecule has 0 saturated carbocycles. The number of aromatic carboxylic acids is 1. The van der Waals surface area contributed by atoms with E-state index in [0.29, 0.717) is 0 Å². The van der Waals surface area contributed by atoms with E-state index in [4.69, 9.17) is 5.73 Å². The van der Waals surface area contributed by atoms with Crippen LogP contribution >= 0.6 is 0 Å². The van der Waals surface area contributed by atoms with Crippen molar-refractivity contribution in [3.8, 4) is 0 Å². The van der Waals surface area contributed by atoms with Gasteiger partial charge in [0, 0.05) is 12.7 Å². The van der Waals surface area contributed by atoms with Gasteiger partial charge in [-0.25, -0.2) is 13.2 Å². The first kappa shape index (κ1) is 14.9. The Hall–Kier alpha value is -2.54. The van der Waals surface area contributed by atoms with Crippen LogP contribution in [-0.2, 0) is 10.0 Å². The summed E-state index contributed by atoms with van der Waals surface area (Å²) in [6, 6.07) is 11.9. The summed E-state index contributed by atoms with van der Waals surface area (Å²) in [5.41, 5.74) is 5.69. The van der Waals surface area contributed by atoms with E-state index in [9.17, 15) is 18.3 Å². The van der Waals surface area contributed by atoms with E-state index in [1.54, 1.807) is 18.2 Å². The second kappa shape index (κ2) is 5.45. The maximum atomic E-state index is 12.5. The normalized spacial score (nSPS) is 11.1. The average Bonchev–Trinajstić information content (AvgIpc) is 2.47. The number of hydrogen-bond acceptors (Lipinski definition) is 4. The molecule has 0 heterocycles. The van der Waals surface area contributed by atoms with Gasteiger partial charge in [0.1, 0.15) is 0 Å². The first-order chi connectivity index (χ1) is 9.84. The van der Waals surface area contributed by atoms with Gasteiger partial charge in [-0.1, -0.05) is 18.2 Å². The van der Waals surface area contributed by atoms with Crippen molar-refractivity contribution in [2.45, 2.75) is 4.90 Å². The summed E-state index contributed by atoms with van der Waals surface area (Å²) in [7, 11) is -2.53. The largest absolute Gasteiger partial charge is 0.478 e. The molecule has 0 aromatic heterocycles. The van der Waals surface area contributed by atoms with Gasteiger partial charge < -0.3 is 10.8 Å². The Bertz CT molecular complexity index is 773. The predicted molar refractivity (Wildman–Crippen MR) is 79.8 cm³/mol. The van der Waals surface area contributed by atoms with E-state index in [-0.39, 0.29) is 21.8 Å². The van der Waals surface area contributed by atoms with Gasteiger partial charge in [0.25, 0.3) is 10.0 Å². The zero-order valence-corrected chi connectivity index (χ0v) is 12.0. The lowest BCUT2D eigenvalue weighted by atomic mass is 10.1. The van der Waals surface area contributed by atoms with Crippen LogP contribution in [-0.4, -0.2) is 26.5 Å². The molecule has 7 heteroatoms. The molecule has 110 valence electrons. The van der Waals surface area contributed by atoms with Crippen LogP contribution in [0.25, 0.3) is 0 Å². The molecule has 0 fully saturated rings. The minimum absolute atomic E-state index is 0.0561. The lowest BCUT2D eigenvalue weighted by Crippen LogP contribution is -2.28. The van der Waals surface area contributed by atoms with Gasteiger partial charge in [0.05, 0.1) is 16.1 Å². The number of carboxylic acids is 1. The third-order valence-corrected chi connectivity index (χ3v) is 4.78. The first-order valence-corrected chi connectivity index (χ1v) is 7.45. The van der Waals surface area contributed by atoms with E-state index in [1.165, 1.54) is 37.4 Å². The molecule has 0 bridgehead atoms. The van der Waals surface area contributed by atoms with E-state index < -0.39 is 16.0 Å². The van der Waals surface area contributed by atoms with Crippen molar-refractivity contribution in [2.75, 3.05) is 17.1 Å². The van der Waals surface area contributed by atoms with Gasteiger partial charge >= 0.3 is 5.97 Å². The Labute approximate surface area is 122 Å². The van der Waals surface area contributed by atoms with E-state index in [0.717, 1.165) is 4.31 Å². The zero-order valence-electron chi connectivity index (χ0n) is 11.2. The van der Waals surface area contributed by atoms with Crippen LogP contribution in [0.4, 0.5) is 11.4 Å². The van der Waals surface area contributed by atoms with Crippen LogP contribution in [0.5, 0.6) is 0 Å². The number of anilines is 2. The molecule has 2 aromatic carbocycles. The number of hydrogen-bond donors (Lipinski definition) is 2. The summed E-state index contributed by atoms with van der Waals surface area (Å²) in [5.74, 6) is -1.24. The highest BCUT2D eigenvalue weighted by Gasteiger charge is 2.24. The second-order valence-electron chi connectivity index (χ2n) is 4.37. The number of carbonyl (C=O) groups is 1. The highest BCUT2D eigenvalue weighted by atomic mass is 32.2. The van der Waals surface area contributed by atoms with Crippen LogP contribution in [0.2, 0.25) is 0 Å². The third-order valence-electron chi connectivity index (χ3n) is 2.99. The topological polar surface area (TPSA) is 101 Å². The van der Waals surface area contributed by atoms with Crippen LogP contribution in [0.15, 0.2) is 53.4 Å². The number of benzene rings is 2. The Kier molecular flexibility index (Phi) is 3.86. The van der Waals surface area contributed by atoms with Gasteiger partial charge in [0.2, 0.25) is 0 Å². The Morgan fingerprint density at radius 1 is 1.14 bits per heavy atom. The number of carboxylic acid groups (broad SMARTS) is 1. The molecule has 0 spiro atoms. The van der Waals surface area contributed by atoms with Crippen LogP contribution in [0, 0.1) is 0 Å². The van der Waals surface area contributed by atoms with Crippen LogP contribution in [0.3, 0.4) is 0 Å². The summed E-state index contributed by atoms with van der Waals surface area (Å²) in [5, 5.41) is 9.20. The quantitative estimate of drug-likeness (QED) is 0.839. The SMILES string of the molecule is CN(c1ccc(N)cc1C(=O)O)S(=O)(=O)c1ccccc1. The van der Waals surface area contributed by atoms with E-state index >= 15 is 0 Å². The molecule has 0 aliphatic heterocycles. The van der Waals surface area contributed by atoms with Gasteiger partial charge in [-0.3, -0.25) is 4.31 Å². The van der Waals surface area contributed by atoms with Gasteiger partial charge in [-0.2, -0.15) is 0 Å². The van der Waals surface area contributed by atoms with Crippen LogP contribution in [0.1, 0.15) is 10.4 Å². The Balaban J connectivity index is 2.55. The second-order valence-corrected chi connectivity index (χ2v) is 6.34. The van der Waals surface area contributed by atoms with Gasteiger partial charge in [-0.05, 0) is 30.3 Å². The molecule has 0 amide bonds. The minimum Gasteiger partial charge on any atom is -0.478 e. The molecule has 2 aromatic rings. The predicted octanol–water partition coefficient (Wildman–Crippen LogP) is 1.79. The molecule has 0 aliphatic rings. The average molecular weight is 306 g/mol. The smallest absolute Gasteiger partial charge is 0.337 e. The lowest BCUT2D eigenvalue weighted by Gasteiger charge is -2.21. The lowest BCUT2D eigenvalue weighted by molar-refractivity contribution is 0.0698. The number of rotatable bonds is 4. The van der Waals surface area contributed by atoms with E-state index in [1.807, 2.05) is 0 Å². The minimum atomic E-state index is -3.83. The van der Waals surface area contributed by atoms with E-state index in [2.05, 4.69) is 0 Å². The monoisotopic (exact) mass is 306 g/mol. The van der Waals surface area contributed by atoms with Crippen molar-refractivity contribution < 1.29 is 18.3 Å². The Morgan fingerprint density at radius 2 is 1.76 bits per heavy atom. The van der Waals surface area contributed by atoms with Crippen molar-refractivity contribution in [2.24, 2.45) is 0 Å². The third kappa shape index (κ3) is 2.82. The highest BCUT2D eigenvalue weighted by molar-refractivity contribution is 7.92. The molecular weight excluding hydrogens is 292 g/mol.